The molecule has 0 unspecified atom stereocenters. The molecule has 0 fully saturated rings. The van der Waals surface area contributed by atoms with Gasteiger partial charge in [0, 0.05) is 17.5 Å². The highest BCUT2D eigenvalue weighted by Gasteiger charge is 2.21. The van der Waals surface area contributed by atoms with E-state index in [2.05, 4.69) is 15.6 Å². The van der Waals surface area contributed by atoms with Gasteiger partial charge in [0.2, 0.25) is 11.8 Å². The topological polar surface area (TPSA) is 101 Å². The Morgan fingerprint density at radius 1 is 1.06 bits per heavy atom. The maximum Gasteiger partial charge on any atom is 0.254 e. The van der Waals surface area contributed by atoms with Crippen LogP contribution in [0.15, 0.2) is 53.9 Å². The van der Waals surface area contributed by atoms with Crippen molar-refractivity contribution in [3.63, 3.8) is 0 Å². The van der Waals surface area contributed by atoms with Crippen LogP contribution in [0.4, 0.5) is 15.2 Å². The smallest absolute Gasteiger partial charge is 0.254 e. The standard InChI is InChI=1S/C25H27FN4O4S/c1-16(2)13-30(24(33)17-8-10-19(34-3)11-9-17)14-23(32)29-25-27-18(15-35-25)12-22(31)28-21-7-5-4-6-20(21)26/h4-11,15-16H,12-14H2,1-3H3,(H,28,31)(H,27,29,32). The number of nitrogens with one attached hydrogen (secondary N) is 2. The van der Waals surface area contributed by atoms with Gasteiger partial charge in [0.1, 0.15) is 18.1 Å². The molecular weight excluding hydrogens is 471 g/mol. The van der Waals surface area contributed by atoms with Crippen LogP contribution < -0.4 is 15.4 Å². The number of carbonyl (C=O) groups is 3. The molecule has 3 rings (SSSR count). The van der Waals surface area contributed by atoms with E-state index in [-0.39, 0.29) is 30.5 Å². The van der Waals surface area contributed by atoms with Crippen LogP contribution >= 0.6 is 11.3 Å². The maximum absolute atomic E-state index is 13.7. The number of para-hydroxylation sites is 1. The zero-order valence-corrected chi connectivity index (χ0v) is 20.5. The molecule has 0 aliphatic carbocycles. The summed E-state index contributed by atoms with van der Waals surface area (Å²) in [5.74, 6) is -0.819. The van der Waals surface area contributed by atoms with Crippen LogP contribution in [0.25, 0.3) is 0 Å². The van der Waals surface area contributed by atoms with Crippen LogP contribution in [0.2, 0.25) is 0 Å². The summed E-state index contributed by atoms with van der Waals surface area (Å²) in [5.41, 5.74) is 0.983. The summed E-state index contributed by atoms with van der Waals surface area (Å²) in [6, 6.07) is 12.6. The van der Waals surface area contributed by atoms with E-state index in [4.69, 9.17) is 4.74 Å². The molecule has 2 N–H and O–H groups in total. The fourth-order valence-electron chi connectivity index (χ4n) is 3.28. The summed E-state index contributed by atoms with van der Waals surface area (Å²) in [7, 11) is 1.55. The molecule has 0 saturated carbocycles. The SMILES string of the molecule is COc1ccc(C(=O)N(CC(=O)Nc2nc(CC(=O)Nc3ccccc3F)cs2)CC(C)C)cc1. The Morgan fingerprint density at radius 2 is 1.77 bits per heavy atom. The summed E-state index contributed by atoms with van der Waals surface area (Å²) < 4.78 is 18.8. The van der Waals surface area contributed by atoms with E-state index >= 15 is 0 Å². The summed E-state index contributed by atoms with van der Waals surface area (Å²) in [6.45, 7) is 4.18. The fourth-order valence-corrected chi connectivity index (χ4v) is 4.00. The predicted molar refractivity (Wildman–Crippen MR) is 133 cm³/mol. The first kappa shape index (κ1) is 25.8. The third-order valence-corrected chi connectivity index (χ3v) is 5.64. The molecule has 3 aromatic rings. The van der Waals surface area contributed by atoms with Crippen molar-refractivity contribution in [3.8, 4) is 5.75 Å². The average Bonchev–Trinajstić information content (AvgIpc) is 3.25. The van der Waals surface area contributed by atoms with Crippen molar-refractivity contribution >= 4 is 39.9 Å². The second kappa shape index (κ2) is 12.1. The van der Waals surface area contributed by atoms with Gasteiger partial charge in [-0.05, 0) is 42.3 Å². The van der Waals surface area contributed by atoms with E-state index in [1.165, 1.54) is 23.1 Å². The van der Waals surface area contributed by atoms with Crippen LogP contribution in [0.5, 0.6) is 5.75 Å². The molecule has 0 atom stereocenters. The van der Waals surface area contributed by atoms with E-state index in [1.807, 2.05) is 13.8 Å². The third kappa shape index (κ3) is 7.61. The summed E-state index contributed by atoms with van der Waals surface area (Å²) in [4.78, 5) is 43.6. The molecule has 1 heterocycles. The number of halogens is 1. The van der Waals surface area contributed by atoms with Crippen LogP contribution in [-0.2, 0) is 16.0 Å². The number of hydrogen-bond acceptors (Lipinski definition) is 6. The minimum absolute atomic E-state index is 0.0733. The van der Waals surface area contributed by atoms with Crippen molar-refractivity contribution in [1.82, 2.24) is 9.88 Å². The van der Waals surface area contributed by atoms with Gasteiger partial charge in [0.15, 0.2) is 5.13 Å². The lowest BCUT2D eigenvalue weighted by Crippen LogP contribution is -2.40. The molecule has 0 aliphatic rings. The minimum atomic E-state index is -0.526. The summed E-state index contributed by atoms with van der Waals surface area (Å²) in [6.07, 6.45) is -0.0733. The molecule has 35 heavy (non-hydrogen) atoms. The van der Waals surface area contributed by atoms with Crippen molar-refractivity contribution in [2.75, 3.05) is 30.8 Å². The first-order chi connectivity index (χ1) is 16.7. The number of aromatic nitrogens is 1. The lowest BCUT2D eigenvalue weighted by Gasteiger charge is -2.24. The van der Waals surface area contributed by atoms with E-state index in [0.717, 1.165) is 11.3 Å². The second-order valence-corrected chi connectivity index (χ2v) is 9.06. The maximum atomic E-state index is 13.7. The van der Waals surface area contributed by atoms with Gasteiger partial charge < -0.3 is 20.3 Å². The number of rotatable bonds is 10. The highest BCUT2D eigenvalue weighted by molar-refractivity contribution is 7.13. The number of carbonyl (C=O) groups excluding carboxylic acids is 3. The molecule has 184 valence electrons. The first-order valence-electron chi connectivity index (χ1n) is 11.0. The van der Waals surface area contributed by atoms with E-state index in [0.29, 0.717) is 28.7 Å². The van der Waals surface area contributed by atoms with Crippen molar-refractivity contribution in [1.29, 1.82) is 0 Å². The van der Waals surface area contributed by atoms with Gasteiger partial charge in [-0.15, -0.1) is 11.3 Å². The fraction of sp³-hybridized carbons (Fsp3) is 0.280. The molecule has 0 spiro atoms. The Kier molecular flexibility index (Phi) is 8.91. The number of nitrogens with zero attached hydrogens (tertiary/aromatic N) is 2. The van der Waals surface area contributed by atoms with Gasteiger partial charge in [0.25, 0.3) is 5.91 Å². The van der Waals surface area contributed by atoms with Crippen molar-refractivity contribution in [2.45, 2.75) is 20.3 Å². The van der Waals surface area contributed by atoms with Crippen molar-refractivity contribution in [3.05, 3.63) is 71.0 Å². The van der Waals surface area contributed by atoms with Crippen LogP contribution in [0, 0.1) is 11.7 Å². The van der Waals surface area contributed by atoms with E-state index in [9.17, 15) is 18.8 Å². The normalized spacial score (nSPS) is 10.7. The number of benzene rings is 2. The molecule has 2 aromatic carbocycles. The van der Waals surface area contributed by atoms with Gasteiger partial charge in [-0.2, -0.15) is 0 Å². The molecular formula is C25H27FN4O4S. The van der Waals surface area contributed by atoms with Crippen molar-refractivity contribution in [2.24, 2.45) is 5.92 Å². The second-order valence-electron chi connectivity index (χ2n) is 8.20. The van der Waals surface area contributed by atoms with Crippen LogP contribution in [0.1, 0.15) is 29.9 Å². The number of thiazole rings is 1. The van der Waals surface area contributed by atoms with Gasteiger partial charge >= 0.3 is 0 Å². The summed E-state index contributed by atoms with van der Waals surface area (Å²) in [5, 5.41) is 7.14. The number of methoxy groups -OCH3 is 1. The van der Waals surface area contributed by atoms with Gasteiger partial charge in [-0.3, -0.25) is 14.4 Å². The van der Waals surface area contributed by atoms with Crippen LogP contribution in [-0.4, -0.2) is 47.8 Å². The number of ether oxygens (including phenoxy) is 1. The van der Waals surface area contributed by atoms with Gasteiger partial charge in [-0.25, -0.2) is 9.37 Å². The average molecular weight is 499 g/mol. The Balaban J connectivity index is 1.59. The quantitative estimate of drug-likeness (QED) is 0.436. The molecule has 0 radical (unpaired) electrons. The largest absolute Gasteiger partial charge is 0.497 e. The highest BCUT2D eigenvalue weighted by atomic mass is 32.1. The zero-order chi connectivity index (χ0) is 25.4. The lowest BCUT2D eigenvalue weighted by molar-refractivity contribution is -0.117. The number of hydrogen-bond donors (Lipinski definition) is 2. The first-order valence-corrected chi connectivity index (χ1v) is 11.8. The molecule has 0 bridgehead atoms. The van der Waals surface area contributed by atoms with Gasteiger partial charge in [-0.1, -0.05) is 26.0 Å². The molecule has 0 aliphatic heterocycles. The Bertz CT molecular complexity index is 1180. The Labute approximate surface area is 207 Å². The number of anilines is 2. The molecule has 1 aromatic heterocycles. The monoisotopic (exact) mass is 498 g/mol. The Morgan fingerprint density at radius 3 is 2.43 bits per heavy atom. The summed E-state index contributed by atoms with van der Waals surface area (Å²) >= 11 is 1.16. The molecule has 0 saturated heterocycles. The van der Waals surface area contributed by atoms with Crippen LogP contribution in [0.3, 0.4) is 0 Å². The van der Waals surface area contributed by atoms with Crippen molar-refractivity contribution < 1.29 is 23.5 Å². The predicted octanol–water partition coefficient (Wildman–Crippen LogP) is 4.21. The lowest BCUT2D eigenvalue weighted by atomic mass is 10.1. The highest BCUT2D eigenvalue weighted by Crippen LogP contribution is 2.18. The third-order valence-electron chi connectivity index (χ3n) is 4.83. The Hall–Kier alpha value is -3.79. The minimum Gasteiger partial charge on any atom is -0.497 e. The molecule has 3 amide bonds. The van der Waals surface area contributed by atoms with E-state index in [1.54, 1.807) is 42.8 Å². The van der Waals surface area contributed by atoms with Gasteiger partial charge in [0.05, 0.1) is 24.9 Å². The number of amides is 3. The molecule has 8 nitrogen and oxygen atoms in total. The zero-order valence-electron chi connectivity index (χ0n) is 19.7. The molecule has 10 heteroatoms. The van der Waals surface area contributed by atoms with E-state index < -0.39 is 17.6 Å².